The van der Waals surface area contributed by atoms with Crippen molar-refractivity contribution >= 4 is 33.6 Å². The average Bonchev–Trinajstić information content (AvgIpc) is 2.95. The molecule has 1 aliphatic heterocycles. The van der Waals surface area contributed by atoms with Crippen molar-refractivity contribution < 1.29 is 33.0 Å². The second kappa shape index (κ2) is 16.8. The molecule has 1 heterocycles. The zero-order valence-corrected chi connectivity index (χ0v) is 26.1. The molecule has 0 radical (unpaired) electrons. The van der Waals surface area contributed by atoms with Gasteiger partial charge in [0.1, 0.15) is 12.4 Å². The van der Waals surface area contributed by atoms with E-state index in [0.29, 0.717) is 31.7 Å². The van der Waals surface area contributed by atoms with Crippen molar-refractivity contribution in [2.45, 2.75) is 56.9 Å². The van der Waals surface area contributed by atoms with Crippen LogP contribution in [-0.2, 0) is 31.4 Å². The predicted molar refractivity (Wildman–Crippen MR) is 167 cm³/mol. The molecule has 2 aliphatic rings. The number of carboxylic acids is 2. The molecule has 1 unspecified atom stereocenters. The van der Waals surface area contributed by atoms with Gasteiger partial charge in [-0.05, 0) is 92.7 Å². The van der Waals surface area contributed by atoms with Gasteiger partial charge in [-0.2, -0.15) is 0 Å². The minimum atomic E-state index is -3.28. The summed E-state index contributed by atoms with van der Waals surface area (Å²) in [6, 6.07) is 14.9. The van der Waals surface area contributed by atoms with Crippen LogP contribution in [0, 0.1) is 0 Å². The van der Waals surface area contributed by atoms with Crippen LogP contribution in [0.1, 0.15) is 61.8 Å². The molecule has 0 spiro atoms. The quantitative estimate of drug-likeness (QED) is 0.144. The molecule has 0 amide bonds. The van der Waals surface area contributed by atoms with Gasteiger partial charge >= 0.3 is 11.9 Å². The van der Waals surface area contributed by atoms with Gasteiger partial charge in [0.25, 0.3) is 0 Å². The first-order valence-corrected chi connectivity index (χ1v) is 16.7. The Morgan fingerprint density at radius 1 is 1.07 bits per heavy atom. The average molecular weight is 636 g/mol. The molecule has 1 saturated carbocycles. The van der Waals surface area contributed by atoms with Crippen LogP contribution in [0.2, 0.25) is 5.02 Å². The molecule has 1 fully saturated rings. The summed E-state index contributed by atoms with van der Waals surface area (Å²) >= 11 is 6.16. The smallest absolute Gasteiger partial charge is 0.328 e. The van der Waals surface area contributed by atoms with Crippen LogP contribution in [0.3, 0.4) is 0 Å². The molecule has 12 heteroatoms. The van der Waals surface area contributed by atoms with Gasteiger partial charge in [0.2, 0.25) is 10.0 Å². The molecule has 2 aromatic carbocycles. The van der Waals surface area contributed by atoms with Crippen LogP contribution in [0.25, 0.3) is 0 Å². The van der Waals surface area contributed by atoms with E-state index >= 15 is 0 Å². The molecule has 236 valence electrons. The minimum Gasteiger partial charge on any atom is -0.492 e. The molecule has 5 N–H and O–H groups in total. The van der Waals surface area contributed by atoms with Crippen LogP contribution in [-0.4, -0.2) is 69.1 Å². The number of benzene rings is 2. The number of carboxylic acid groups (broad SMARTS) is 2. The number of sulfonamides is 1. The van der Waals surface area contributed by atoms with Crippen LogP contribution < -0.4 is 20.1 Å². The van der Waals surface area contributed by atoms with Crippen LogP contribution in [0.15, 0.2) is 54.6 Å². The normalized spacial score (nSPS) is 17.3. The lowest BCUT2D eigenvalue weighted by Crippen LogP contribution is -2.49. The molecule has 1 atom stereocenters. The van der Waals surface area contributed by atoms with Crippen molar-refractivity contribution in [3.05, 3.63) is 76.3 Å². The monoisotopic (exact) mass is 635 g/mol. The maximum absolute atomic E-state index is 12.2. The van der Waals surface area contributed by atoms with Crippen LogP contribution in [0.4, 0.5) is 0 Å². The van der Waals surface area contributed by atoms with E-state index in [-0.39, 0.29) is 23.8 Å². The van der Waals surface area contributed by atoms with E-state index in [1.54, 1.807) is 0 Å². The second-order valence-electron chi connectivity index (χ2n) is 10.7. The molecule has 0 bridgehead atoms. The Kier molecular flexibility index (Phi) is 13.5. The molecule has 2 aromatic rings. The van der Waals surface area contributed by atoms with Crippen molar-refractivity contribution in [2.24, 2.45) is 0 Å². The summed E-state index contributed by atoms with van der Waals surface area (Å²) in [5, 5.41) is 23.4. The number of hydrogen-bond acceptors (Lipinski definition) is 7. The number of ether oxygens (including phenoxy) is 1. The highest BCUT2D eigenvalue weighted by Crippen LogP contribution is 2.53. The van der Waals surface area contributed by atoms with E-state index in [2.05, 4.69) is 46.5 Å². The van der Waals surface area contributed by atoms with E-state index in [1.165, 1.54) is 23.1 Å². The number of aliphatic carboxylic acids is 2. The summed E-state index contributed by atoms with van der Waals surface area (Å²) in [4.78, 5) is 19.1. The van der Waals surface area contributed by atoms with E-state index in [0.717, 1.165) is 49.5 Å². The molecular weight excluding hydrogens is 594 g/mol. The fraction of sp³-hybridized carbons (Fsp3) is 0.484. The Hall–Kier alpha value is -2.96. The Morgan fingerprint density at radius 2 is 1.77 bits per heavy atom. The number of halogens is 1. The maximum Gasteiger partial charge on any atom is 0.328 e. The van der Waals surface area contributed by atoms with Crippen molar-refractivity contribution in [1.82, 2.24) is 15.4 Å². The summed E-state index contributed by atoms with van der Waals surface area (Å²) in [5.41, 5.74) is 4.06. The fourth-order valence-corrected chi connectivity index (χ4v) is 6.66. The highest BCUT2D eigenvalue weighted by molar-refractivity contribution is 7.89. The molecular formula is C31H42ClN3O7S. The lowest BCUT2D eigenvalue weighted by Gasteiger charge is -2.50. The van der Waals surface area contributed by atoms with E-state index < -0.39 is 22.0 Å². The lowest BCUT2D eigenvalue weighted by molar-refractivity contribution is -0.134. The Morgan fingerprint density at radius 3 is 2.37 bits per heavy atom. The van der Waals surface area contributed by atoms with Gasteiger partial charge in [0.05, 0.1) is 5.75 Å². The molecule has 10 nitrogen and oxygen atoms in total. The lowest BCUT2D eigenvalue weighted by atomic mass is 9.58. The first-order valence-electron chi connectivity index (χ1n) is 14.6. The Balaban J connectivity index is 0.000000557. The van der Waals surface area contributed by atoms with Crippen LogP contribution >= 0.6 is 11.6 Å². The predicted octanol–water partition coefficient (Wildman–Crippen LogP) is 4.05. The number of carbonyl (C=O) groups is 2. The van der Waals surface area contributed by atoms with E-state index in [9.17, 15) is 18.0 Å². The third kappa shape index (κ3) is 10.6. The summed E-state index contributed by atoms with van der Waals surface area (Å²) in [7, 11) is -3.28. The van der Waals surface area contributed by atoms with Gasteiger partial charge in [-0.3, -0.25) is 0 Å². The van der Waals surface area contributed by atoms with Crippen molar-refractivity contribution in [2.75, 3.05) is 38.5 Å². The summed E-state index contributed by atoms with van der Waals surface area (Å²) in [5.74, 6) is -1.60. The van der Waals surface area contributed by atoms with Crippen molar-refractivity contribution in [3.8, 4) is 5.75 Å². The molecule has 0 aromatic heterocycles. The van der Waals surface area contributed by atoms with Gasteiger partial charge < -0.3 is 25.6 Å². The highest BCUT2D eigenvalue weighted by atomic mass is 35.5. The number of hydrogen-bond donors (Lipinski definition) is 5. The topological polar surface area (TPSA) is 154 Å². The van der Waals surface area contributed by atoms with E-state index in [4.69, 9.17) is 26.6 Å². The van der Waals surface area contributed by atoms with Crippen molar-refractivity contribution in [1.29, 1.82) is 0 Å². The van der Waals surface area contributed by atoms with Crippen molar-refractivity contribution in [3.63, 3.8) is 0 Å². The van der Waals surface area contributed by atoms with Gasteiger partial charge in [-0.1, -0.05) is 43.1 Å². The standard InChI is InChI=1S/C27H38ClN3O3S.C4H4O4/c1-2-14-29-15-4-19-35(32,33)31-17-18-34-24-10-5-21-11-16-30-26(25(21)20-24)27(12-3-13-27)22-6-8-23(28)9-7-22;5-3(6)1-2-4(7)8/h5-10,20,26,29-31H,2-4,11-19H2,1H3;1-2H,(H,5,6)(H,7,8). The second-order valence-corrected chi connectivity index (χ2v) is 13.1. The third-order valence-corrected chi connectivity index (χ3v) is 9.37. The summed E-state index contributed by atoms with van der Waals surface area (Å²) in [6.45, 7) is 5.25. The SMILES string of the molecule is CCCNCCCS(=O)(=O)NCCOc1ccc2c(c1)C(C1(c3ccc(Cl)cc3)CCC1)NCC2.O=C(O)C=CC(=O)O. The zero-order valence-electron chi connectivity index (χ0n) is 24.5. The molecule has 1 aliphatic carbocycles. The zero-order chi connectivity index (χ0) is 31.3. The molecule has 43 heavy (non-hydrogen) atoms. The van der Waals surface area contributed by atoms with E-state index in [1.807, 2.05) is 18.2 Å². The maximum atomic E-state index is 12.2. The summed E-state index contributed by atoms with van der Waals surface area (Å²) in [6.07, 6.45) is 7.27. The first-order chi connectivity index (χ1) is 20.6. The highest BCUT2D eigenvalue weighted by Gasteiger charge is 2.47. The van der Waals surface area contributed by atoms with Crippen LogP contribution in [0.5, 0.6) is 5.75 Å². The van der Waals surface area contributed by atoms with Gasteiger partial charge in [-0.15, -0.1) is 0 Å². The number of fused-ring (bicyclic) bond motifs is 1. The summed E-state index contributed by atoms with van der Waals surface area (Å²) < 4.78 is 33.0. The minimum absolute atomic E-state index is 0.0694. The molecule has 4 rings (SSSR count). The molecule has 0 saturated heterocycles. The Bertz CT molecular complexity index is 1330. The number of rotatable bonds is 15. The van der Waals surface area contributed by atoms with Gasteiger partial charge in [0.15, 0.2) is 0 Å². The first kappa shape index (κ1) is 34.5. The Labute approximate surface area is 258 Å². The third-order valence-electron chi connectivity index (χ3n) is 7.64. The largest absolute Gasteiger partial charge is 0.492 e. The van der Waals surface area contributed by atoms with Gasteiger partial charge in [0, 0.05) is 35.2 Å². The van der Waals surface area contributed by atoms with Gasteiger partial charge in [-0.25, -0.2) is 22.7 Å². The number of nitrogens with one attached hydrogen (secondary N) is 3. The fourth-order valence-electron chi connectivity index (χ4n) is 5.47.